The molecular formula is C14H29IN4OS. The van der Waals surface area contributed by atoms with E-state index in [2.05, 4.69) is 23.4 Å². The van der Waals surface area contributed by atoms with Gasteiger partial charge in [0.1, 0.15) is 0 Å². The van der Waals surface area contributed by atoms with Gasteiger partial charge in [0.15, 0.2) is 5.96 Å². The van der Waals surface area contributed by atoms with Crippen LogP contribution < -0.4 is 11.1 Å². The first-order valence-electron chi connectivity index (χ1n) is 7.47. The highest BCUT2D eigenvalue weighted by Gasteiger charge is 2.23. The minimum Gasteiger partial charge on any atom is -0.370 e. The number of piperidine rings is 1. The summed E-state index contributed by atoms with van der Waals surface area (Å²) in [5.74, 6) is 2.31. The summed E-state index contributed by atoms with van der Waals surface area (Å²) in [5.41, 5.74) is 5.31. The Morgan fingerprint density at radius 2 is 2.29 bits per heavy atom. The third-order valence-electron chi connectivity index (χ3n) is 3.41. The highest BCUT2D eigenvalue weighted by molar-refractivity contribution is 14.0. The van der Waals surface area contributed by atoms with Crippen molar-refractivity contribution in [3.63, 3.8) is 0 Å². The maximum atomic E-state index is 11.1. The van der Waals surface area contributed by atoms with Crippen LogP contribution >= 0.6 is 35.7 Å². The summed E-state index contributed by atoms with van der Waals surface area (Å²) in [6, 6.07) is 0. The molecule has 1 aliphatic rings. The molecule has 0 radical (unpaired) electrons. The molecule has 0 saturated carbocycles. The predicted molar refractivity (Wildman–Crippen MR) is 103 cm³/mol. The third-order valence-corrected chi connectivity index (χ3v) is 4.11. The van der Waals surface area contributed by atoms with Crippen LogP contribution in [0.4, 0.5) is 0 Å². The highest BCUT2D eigenvalue weighted by Crippen LogP contribution is 2.19. The molecule has 3 N–H and O–H groups in total. The lowest BCUT2D eigenvalue weighted by Crippen LogP contribution is -2.47. The maximum absolute atomic E-state index is 11.1. The molecule has 0 bridgehead atoms. The van der Waals surface area contributed by atoms with Crippen molar-refractivity contribution in [2.24, 2.45) is 16.6 Å². The Morgan fingerprint density at radius 3 is 2.90 bits per heavy atom. The first kappa shape index (κ1) is 20.8. The van der Waals surface area contributed by atoms with E-state index in [1.165, 1.54) is 0 Å². The average molecular weight is 428 g/mol. The van der Waals surface area contributed by atoms with Crippen LogP contribution in [0, 0.1) is 5.92 Å². The van der Waals surface area contributed by atoms with Gasteiger partial charge < -0.3 is 16.0 Å². The number of hydrogen-bond acceptors (Lipinski definition) is 3. The summed E-state index contributed by atoms with van der Waals surface area (Å²) >= 11 is 1.85. The average Bonchev–Trinajstić information content (AvgIpc) is 2.42. The monoisotopic (exact) mass is 428 g/mol. The van der Waals surface area contributed by atoms with Crippen molar-refractivity contribution >= 4 is 47.6 Å². The summed E-state index contributed by atoms with van der Waals surface area (Å²) in [7, 11) is 0. The summed E-state index contributed by atoms with van der Waals surface area (Å²) in [6.07, 6.45) is 5.91. The first-order chi connectivity index (χ1) is 9.67. The van der Waals surface area contributed by atoms with Gasteiger partial charge in [0, 0.05) is 32.6 Å². The van der Waals surface area contributed by atoms with E-state index < -0.39 is 0 Å². The first-order valence-corrected chi connectivity index (χ1v) is 8.87. The molecule has 124 valence electrons. The molecule has 1 aliphatic heterocycles. The van der Waals surface area contributed by atoms with Crippen molar-refractivity contribution in [3.8, 4) is 0 Å². The van der Waals surface area contributed by atoms with Gasteiger partial charge in [0.2, 0.25) is 5.91 Å². The van der Waals surface area contributed by atoms with Crippen molar-refractivity contribution in [2.75, 3.05) is 38.2 Å². The number of primary amides is 1. The Kier molecular flexibility index (Phi) is 12.3. The largest absolute Gasteiger partial charge is 0.370 e. The van der Waals surface area contributed by atoms with Gasteiger partial charge >= 0.3 is 0 Å². The van der Waals surface area contributed by atoms with Gasteiger partial charge in [0.25, 0.3) is 0 Å². The number of amides is 1. The molecular weight excluding hydrogens is 399 g/mol. The van der Waals surface area contributed by atoms with Crippen LogP contribution in [0.15, 0.2) is 4.99 Å². The molecule has 1 heterocycles. The second-order valence-corrected chi connectivity index (χ2v) is 6.19. The number of carbonyl (C=O) groups excluding carboxylic acids is 1. The Hall–Kier alpha value is -0.180. The van der Waals surface area contributed by atoms with Gasteiger partial charge in [-0.3, -0.25) is 9.79 Å². The van der Waals surface area contributed by atoms with Crippen LogP contribution in [0.1, 0.15) is 32.6 Å². The van der Waals surface area contributed by atoms with E-state index in [-0.39, 0.29) is 29.9 Å². The Balaban J connectivity index is 0.00000400. The number of nitrogens with two attached hydrogens (primary N) is 1. The van der Waals surface area contributed by atoms with Crippen molar-refractivity contribution in [1.29, 1.82) is 0 Å². The fraction of sp³-hybridized carbons (Fsp3) is 0.857. The quantitative estimate of drug-likeness (QED) is 0.281. The fourth-order valence-corrected chi connectivity index (χ4v) is 2.95. The summed E-state index contributed by atoms with van der Waals surface area (Å²) < 4.78 is 0. The van der Waals surface area contributed by atoms with Gasteiger partial charge in [-0.05, 0) is 44.1 Å². The number of rotatable bonds is 7. The smallest absolute Gasteiger partial charge is 0.217 e. The van der Waals surface area contributed by atoms with Crippen LogP contribution in [0.5, 0.6) is 0 Å². The van der Waals surface area contributed by atoms with Gasteiger partial charge in [-0.25, -0.2) is 0 Å². The van der Waals surface area contributed by atoms with E-state index in [1.807, 2.05) is 11.8 Å². The number of hydrogen-bond donors (Lipinski definition) is 2. The van der Waals surface area contributed by atoms with Gasteiger partial charge in [-0.1, -0.05) is 0 Å². The molecule has 5 nitrogen and oxygen atoms in total. The lowest BCUT2D eigenvalue weighted by Gasteiger charge is -2.34. The van der Waals surface area contributed by atoms with Crippen molar-refractivity contribution < 1.29 is 4.79 Å². The topological polar surface area (TPSA) is 70.7 Å². The molecule has 1 rings (SSSR count). The minimum absolute atomic E-state index is 0. The number of aliphatic imine (C=N–C) groups is 1. The highest BCUT2D eigenvalue weighted by atomic mass is 127. The molecule has 1 atom stereocenters. The van der Waals surface area contributed by atoms with E-state index in [0.29, 0.717) is 12.3 Å². The van der Waals surface area contributed by atoms with E-state index in [4.69, 9.17) is 10.7 Å². The number of thioether (sulfide) groups is 1. The number of carbonyl (C=O) groups is 1. The second-order valence-electron chi connectivity index (χ2n) is 5.21. The van der Waals surface area contributed by atoms with Crippen molar-refractivity contribution in [2.45, 2.75) is 32.6 Å². The Morgan fingerprint density at radius 1 is 1.52 bits per heavy atom. The number of halogens is 1. The van der Waals surface area contributed by atoms with E-state index in [1.54, 1.807) is 0 Å². The molecule has 21 heavy (non-hydrogen) atoms. The molecule has 1 unspecified atom stereocenters. The Bertz CT molecular complexity index is 328. The number of guanidine groups is 1. The molecule has 0 aromatic heterocycles. The molecule has 0 spiro atoms. The zero-order chi connectivity index (χ0) is 14.8. The van der Waals surface area contributed by atoms with Gasteiger partial charge in [-0.15, -0.1) is 24.0 Å². The van der Waals surface area contributed by atoms with E-state index in [0.717, 1.165) is 57.2 Å². The molecule has 0 aliphatic carbocycles. The van der Waals surface area contributed by atoms with Gasteiger partial charge in [0.05, 0.1) is 0 Å². The molecule has 1 fully saturated rings. The van der Waals surface area contributed by atoms with Crippen LogP contribution in [-0.4, -0.2) is 55.0 Å². The zero-order valence-corrected chi connectivity index (χ0v) is 16.3. The van der Waals surface area contributed by atoms with Crippen LogP contribution in [-0.2, 0) is 4.79 Å². The maximum Gasteiger partial charge on any atom is 0.217 e. The molecule has 0 aromatic carbocycles. The minimum atomic E-state index is -0.196. The SMILES string of the molecule is CCNC(=NCCCSC)N1CCCC(CC(N)=O)C1.I. The zero-order valence-electron chi connectivity index (χ0n) is 13.1. The number of nitrogens with zero attached hydrogens (tertiary/aromatic N) is 2. The summed E-state index contributed by atoms with van der Waals surface area (Å²) in [6.45, 7) is 5.72. The lowest BCUT2D eigenvalue weighted by molar-refractivity contribution is -0.119. The third kappa shape index (κ3) is 8.75. The summed E-state index contributed by atoms with van der Waals surface area (Å²) in [5, 5.41) is 3.36. The standard InChI is InChI=1S/C14H28N4OS.HI/c1-3-16-14(17-7-5-9-20-2)18-8-4-6-12(11-18)10-13(15)19;/h12H,3-11H2,1-2H3,(H2,15,19)(H,16,17);1H. The van der Waals surface area contributed by atoms with Gasteiger partial charge in [-0.2, -0.15) is 11.8 Å². The lowest BCUT2D eigenvalue weighted by atomic mass is 9.95. The summed E-state index contributed by atoms with van der Waals surface area (Å²) in [4.78, 5) is 18.0. The molecule has 0 aromatic rings. The normalized spacial score (nSPS) is 19.0. The van der Waals surface area contributed by atoms with Crippen LogP contribution in [0.25, 0.3) is 0 Å². The second kappa shape index (κ2) is 12.4. The number of likely N-dealkylation sites (tertiary alicyclic amines) is 1. The molecule has 7 heteroatoms. The fourth-order valence-electron chi connectivity index (χ4n) is 2.53. The van der Waals surface area contributed by atoms with E-state index >= 15 is 0 Å². The molecule has 1 amide bonds. The van der Waals surface area contributed by atoms with E-state index in [9.17, 15) is 4.79 Å². The van der Waals surface area contributed by atoms with Crippen molar-refractivity contribution in [3.05, 3.63) is 0 Å². The molecule has 1 saturated heterocycles. The van der Waals surface area contributed by atoms with Crippen molar-refractivity contribution in [1.82, 2.24) is 10.2 Å². The Labute approximate surface area is 149 Å². The predicted octanol–water partition coefficient (Wildman–Crippen LogP) is 1.91. The van der Waals surface area contributed by atoms with Crippen LogP contribution in [0.2, 0.25) is 0 Å². The van der Waals surface area contributed by atoms with Crippen LogP contribution in [0.3, 0.4) is 0 Å². The number of nitrogens with one attached hydrogen (secondary N) is 1.